The minimum atomic E-state index is -3.37. The minimum absolute atomic E-state index is 0.105. The lowest BCUT2D eigenvalue weighted by molar-refractivity contribution is -0.118. The maximum Gasteiger partial charge on any atom is 0.241 e. The Morgan fingerprint density at radius 1 is 1.12 bits per heavy atom. The molecule has 3 aliphatic rings. The number of carbonyl (C=O) groups is 1. The van der Waals surface area contributed by atoms with Gasteiger partial charge in [-0.2, -0.15) is 4.31 Å². The second-order valence-electron chi connectivity index (χ2n) is 12.2. The number of sulfonamides is 1. The van der Waals surface area contributed by atoms with E-state index in [4.69, 9.17) is 10.5 Å². The molecule has 0 radical (unpaired) electrons. The van der Waals surface area contributed by atoms with Gasteiger partial charge in [-0.05, 0) is 94.0 Å². The van der Waals surface area contributed by atoms with Crippen LogP contribution in [0, 0.1) is 17.6 Å². The number of nitrogens with one attached hydrogen (secondary N) is 2. The summed E-state index contributed by atoms with van der Waals surface area (Å²) in [6.07, 6.45) is 5.68. The van der Waals surface area contributed by atoms with Crippen LogP contribution in [0.2, 0.25) is 0 Å². The van der Waals surface area contributed by atoms with E-state index in [1.165, 1.54) is 18.2 Å². The van der Waals surface area contributed by atoms with Crippen molar-refractivity contribution >= 4 is 21.6 Å². The molecule has 43 heavy (non-hydrogen) atoms. The summed E-state index contributed by atoms with van der Waals surface area (Å²) in [5.41, 5.74) is 8.13. The second-order valence-corrected chi connectivity index (χ2v) is 14.2. The van der Waals surface area contributed by atoms with E-state index in [-0.39, 0.29) is 48.0 Å². The molecule has 2 heterocycles. The number of ether oxygens (including phenoxy) is 1. The number of piperazine rings is 1. The van der Waals surface area contributed by atoms with Crippen LogP contribution in [0.4, 0.5) is 14.5 Å². The number of hydrogen-bond donors (Lipinski definition) is 3. The van der Waals surface area contributed by atoms with Crippen molar-refractivity contribution in [3.8, 4) is 0 Å². The van der Waals surface area contributed by atoms with Gasteiger partial charge in [0.05, 0.1) is 17.9 Å². The topological polar surface area (TPSA) is 114 Å². The molecule has 236 valence electrons. The zero-order valence-corrected chi connectivity index (χ0v) is 25.6. The van der Waals surface area contributed by atoms with Crippen molar-refractivity contribution in [2.24, 2.45) is 11.7 Å². The lowest BCUT2D eigenvalue weighted by Crippen LogP contribution is -2.57. The number of nitrogens with zero attached hydrogens (tertiary/aromatic N) is 1. The molecule has 2 saturated heterocycles. The Balaban J connectivity index is 1.31. The van der Waals surface area contributed by atoms with E-state index in [2.05, 4.69) is 10.6 Å². The summed E-state index contributed by atoms with van der Waals surface area (Å²) in [4.78, 5) is 13.7. The van der Waals surface area contributed by atoms with E-state index in [0.717, 1.165) is 37.7 Å². The Hall–Kier alpha value is -2.44. The molecule has 5 atom stereocenters. The first kappa shape index (κ1) is 32.0. The predicted molar refractivity (Wildman–Crippen MR) is 163 cm³/mol. The Morgan fingerprint density at radius 3 is 2.58 bits per heavy atom. The molecule has 2 aliphatic heterocycles. The van der Waals surface area contributed by atoms with Gasteiger partial charge in [-0.15, -0.1) is 0 Å². The fraction of sp³-hybridized carbons (Fsp3) is 0.594. The molecular formula is C32H44F2N4O4S. The lowest BCUT2D eigenvalue weighted by atomic mass is 9.72. The molecule has 11 heteroatoms. The van der Waals surface area contributed by atoms with E-state index < -0.39 is 27.8 Å². The zero-order valence-electron chi connectivity index (χ0n) is 24.8. The quantitative estimate of drug-likeness (QED) is 0.366. The largest absolute Gasteiger partial charge is 0.379 e. The standard InChI is InChI=1S/C32H44F2N4O4S/c1-2-42-26-15-10-22(11-16-26)30(21-8-12-23(33)13-9-21)31(35)32(39)37-29-7-3-6-28(34)27(29)17-14-25-19-36-24-5-4-18-43(40,41)38(25)20-24/h3,6-9,12-13,22,24-26,30-31,36H,2,4-5,10-11,14-20,35H2,1H3,(H,37,39)/t22-,24-,25+,26-,30+,31+/m1/s1. The first-order chi connectivity index (χ1) is 20.7. The maximum atomic E-state index is 15.2. The number of nitrogens with two attached hydrogens (primary N) is 1. The Bertz CT molecular complexity index is 1350. The highest BCUT2D eigenvalue weighted by molar-refractivity contribution is 7.89. The Kier molecular flexibility index (Phi) is 10.5. The molecule has 3 fully saturated rings. The number of anilines is 1. The van der Waals surface area contributed by atoms with Crippen LogP contribution in [0.15, 0.2) is 42.5 Å². The van der Waals surface area contributed by atoms with Gasteiger partial charge in [0.2, 0.25) is 15.9 Å². The van der Waals surface area contributed by atoms with Crippen molar-refractivity contribution in [3.05, 3.63) is 65.2 Å². The number of halogens is 2. The number of fused-ring (bicyclic) bond motifs is 2. The fourth-order valence-corrected chi connectivity index (χ4v) is 8.98. The van der Waals surface area contributed by atoms with Crippen LogP contribution in [-0.2, 0) is 26.0 Å². The van der Waals surface area contributed by atoms with E-state index in [0.29, 0.717) is 43.8 Å². The van der Waals surface area contributed by atoms with Gasteiger partial charge in [-0.1, -0.05) is 18.2 Å². The third-order valence-corrected chi connectivity index (χ3v) is 11.4. The molecule has 5 rings (SSSR count). The van der Waals surface area contributed by atoms with Crippen LogP contribution >= 0.6 is 0 Å². The van der Waals surface area contributed by atoms with Gasteiger partial charge in [0, 0.05) is 48.9 Å². The highest BCUT2D eigenvalue weighted by atomic mass is 32.2. The number of amides is 1. The number of benzene rings is 2. The van der Waals surface area contributed by atoms with Gasteiger partial charge >= 0.3 is 0 Å². The summed E-state index contributed by atoms with van der Waals surface area (Å²) in [5, 5.41) is 6.33. The molecule has 4 N–H and O–H groups in total. The highest BCUT2D eigenvalue weighted by Gasteiger charge is 2.39. The Morgan fingerprint density at radius 2 is 1.86 bits per heavy atom. The van der Waals surface area contributed by atoms with Crippen LogP contribution in [0.3, 0.4) is 0 Å². The maximum absolute atomic E-state index is 15.2. The van der Waals surface area contributed by atoms with E-state index in [9.17, 15) is 17.6 Å². The van der Waals surface area contributed by atoms with E-state index >= 15 is 4.39 Å². The first-order valence-corrected chi connectivity index (χ1v) is 17.2. The van der Waals surface area contributed by atoms with Crippen LogP contribution < -0.4 is 16.4 Å². The molecule has 0 spiro atoms. The summed E-state index contributed by atoms with van der Waals surface area (Å²) in [5.74, 6) is -1.38. The molecule has 1 amide bonds. The van der Waals surface area contributed by atoms with Gasteiger partial charge in [0.25, 0.3) is 0 Å². The monoisotopic (exact) mass is 618 g/mol. The second kappa shape index (κ2) is 14.1. The Labute approximate surface area is 253 Å². The van der Waals surface area contributed by atoms with E-state index in [1.54, 1.807) is 28.6 Å². The summed E-state index contributed by atoms with van der Waals surface area (Å²) in [7, 11) is -3.37. The van der Waals surface area contributed by atoms with Crippen molar-refractivity contribution in [2.45, 2.75) is 88.4 Å². The molecule has 0 aromatic heterocycles. The average Bonchev–Trinajstić information content (AvgIpc) is 3.10. The van der Waals surface area contributed by atoms with Gasteiger partial charge in [0.15, 0.2) is 0 Å². The summed E-state index contributed by atoms with van der Waals surface area (Å²) >= 11 is 0. The molecule has 1 aliphatic carbocycles. The predicted octanol–water partition coefficient (Wildman–Crippen LogP) is 4.31. The van der Waals surface area contributed by atoms with Gasteiger partial charge < -0.3 is 21.1 Å². The fourth-order valence-electron chi connectivity index (χ4n) is 7.17. The molecule has 8 nitrogen and oxygen atoms in total. The van der Waals surface area contributed by atoms with Crippen molar-refractivity contribution in [1.82, 2.24) is 9.62 Å². The van der Waals surface area contributed by atoms with Crippen LogP contribution in [-0.4, -0.2) is 68.3 Å². The highest BCUT2D eigenvalue weighted by Crippen LogP contribution is 2.39. The average molecular weight is 619 g/mol. The van der Waals surface area contributed by atoms with Crippen LogP contribution in [0.5, 0.6) is 0 Å². The molecule has 2 aromatic carbocycles. The van der Waals surface area contributed by atoms with Gasteiger partial charge in [-0.3, -0.25) is 4.79 Å². The zero-order chi connectivity index (χ0) is 30.6. The van der Waals surface area contributed by atoms with Crippen molar-refractivity contribution in [2.75, 3.05) is 30.8 Å². The minimum Gasteiger partial charge on any atom is -0.379 e. The van der Waals surface area contributed by atoms with Crippen molar-refractivity contribution < 1.29 is 26.7 Å². The third-order valence-electron chi connectivity index (χ3n) is 9.44. The first-order valence-electron chi connectivity index (χ1n) is 15.6. The number of carbonyl (C=O) groups excluding carboxylic acids is 1. The van der Waals surface area contributed by atoms with Crippen molar-refractivity contribution in [1.29, 1.82) is 0 Å². The smallest absolute Gasteiger partial charge is 0.241 e. The van der Waals surface area contributed by atoms with E-state index in [1.807, 2.05) is 6.92 Å². The summed E-state index contributed by atoms with van der Waals surface area (Å²) in [6.45, 7) is 3.57. The summed E-state index contributed by atoms with van der Waals surface area (Å²) in [6, 6.07) is 9.59. The van der Waals surface area contributed by atoms with Crippen LogP contribution in [0.25, 0.3) is 0 Å². The normalized spacial score (nSPS) is 28.4. The number of rotatable bonds is 10. The lowest BCUT2D eigenvalue weighted by Gasteiger charge is -2.37. The third kappa shape index (κ3) is 7.62. The SMILES string of the molecule is CCO[C@H]1CC[C@H]([C@H](c2ccc(F)cc2)[C@H](N)C(=O)Nc2cccc(F)c2CC[C@H]2CN[C@@H]3CCCS(=O)(=O)N2C3)CC1. The molecule has 2 bridgehead atoms. The van der Waals surface area contributed by atoms with Gasteiger partial charge in [0.1, 0.15) is 11.6 Å². The van der Waals surface area contributed by atoms with Crippen LogP contribution in [0.1, 0.15) is 68.9 Å². The molecule has 1 unspecified atom stereocenters. The molecule has 1 saturated carbocycles. The molecule has 2 aromatic rings. The molecular weight excluding hydrogens is 574 g/mol. The van der Waals surface area contributed by atoms with Gasteiger partial charge in [-0.25, -0.2) is 17.2 Å². The number of hydrogen-bond acceptors (Lipinski definition) is 6. The summed E-state index contributed by atoms with van der Waals surface area (Å²) < 4.78 is 62.2. The van der Waals surface area contributed by atoms with Crippen molar-refractivity contribution in [3.63, 3.8) is 0 Å².